The molecule has 0 radical (unpaired) electrons. The van der Waals surface area contributed by atoms with Gasteiger partial charge in [0.25, 0.3) is 0 Å². The van der Waals surface area contributed by atoms with Crippen molar-refractivity contribution >= 4 is 16.0 Å². The Kier molecular flexibility index (Phi) is 4.74. The molecule has 0 bridgehead atoms. The van der Waals surface area contributed by atoms with Crippen molar-refractivity contribution in [3.63, 3.8) is 0 Å². The lowest BCUT2D eigenvalue weighted by atomic mass is 10.1. The van der Waals surface area contributed by atoms with E-state index in [1.807, 2.05) is 0 Å². The van der Waals surface area contributed by atoms with Crippen LogP contribution >= 0.6 is 0 Å². The molecule has 0 amide bonds. The molecule has 0 aromatic heterocycles. The molecule has 1 aromatic carbocycles. The van der Waals surface area contributed by atoms with Crippen LogP contribution in [0.25, 0.3) is 0 Å². The second-order valence-electron chi connectivity index (χ2n) is 4.65. The number of benzene rings is 1. The van der Waals surface area contributed by atoms with Gasteiger partial charge in [-0.25, -0.2) is 13.2 Å². The maximum absolute atomic E-state index is 12.4. The van der Waals surface area contributed by atoms with Gasteiger partial charge in [-0.15, -0.1) is 0 Å². The summed E-state index contributed by atoms with van der Waals surface area (Å²) in [5, 5.41) is 8.59. The van der Waals surface area contributed by atoms with Gasteiger partial charge in [-0.1, -0.05) is 18.2 Å². The van der Waals surface area contributed by atoms with E-state index in [4.69, 9.17) is 9.84 Å². The molecule has 1 aromatic rings. The summed E-state index contributed by atoms with van der Waals surface area (Å²) in [5.41, 5.74) is 0. The molecule has 6 nitrogen and oxygen atoms in total. The number of sulfonamides is 1. The van der Waals surface area contributed by atoms with E-state index in [0.29, 0.717) is 19.4 Å². The fourth-order valence-corrected chi connectivity index (χ4v) is 3.72. The van der Waals surface area contributed by atoms with E-state index in [9.17, 15) is 13.2 Å². The highest BCUT2D eigenvalue weighted by Gasteiger charge is 2.30. The molecule has 20 heavy (non-hydrogen) atoms. The Morgan fingerprint density at radius 3 is 2.70 bits per heavy atom. The summed E-state index contributed by atoms with van der Waals surface area (Å²) in [6, 6.07) is 8.21. The van der Waals surface area contributed by atoms with Gasteiger partial charge in [0, 0.05) is 13.1 Å². The third kappa shape index (κ3) is 3.56. The van der Waals surface area contributed by atoms with Crippen LogP contribution in [0.3, 0.4) is 0 Å². The monoisotopic (exact) mass is 299 g/mol. The fraction of sp³-hybridized carbons (Fsp3) is 0.462. The Hall–Kier alpha value is -1.44. The highest BCUT2D eigenvalue weighted by molar-refractivity contribution is 7.89. The summed E-state index contributed by atoms with van der Waals surface area (Å²) in [6.45, 7) is 0.235. The summed E-state index contributed by atoms with van der Waals surface area (Å²) in [7, 11) is -3.53. The molecule has 1 aliphatic heterocycles. The van der Waals surface area contributed by atoms with Gasteiger partial charge in [-0.3, -0.25) is 0 Å². The van der Waals surface area contributed by atoms with Crippen molar-refractivity contribution < 1.29 is 23.1 Å². The van der Waals surface area contributed by atoms with E-state index in [-0.39, 0.29) is 17.5 Å². The van der Waals surface area contributed by atoms with E-state index in [1.54, 1.807) is 30.3 Å². The third-order valence-electron chi connectivity index (χ3n) is 3.16. The molecule has 1 N–H and O–H groups in total. The molecule has 0 spiro atoms. The second-order valence-corrected chi connectivity index (χ2v) is 6.58. The van der Waals surface area contributed by atoms with Crippen LogP contribution in [-0.4, -0.2) is 49.6 Å². The predicted octanol–water partition coefficient (Wildman–Crippen LogP) is 0.941. The van der Waals surface area contributed by atoms with Gasteiger partial charge in [0.1, 0.15) is 6.61 Å². The van der Waals surface area contributed by atoms with E-state index < -0.39 is 22.6 Å². The summed E-state index contributed by atoms with van der Waals surface area (Å²) in [4.78, 5) is 10.7. The Bertz CT molecular complexity index is 557. The number of carboxylic acid groups (broad SMARTS) is 1. The molecule has 1 saturated heterocycles. The molecule has 110 valence electrons. The first-order valence-electron chi connectivity index (χ1n) is 6.39. The van der Waals surface area contributed by atoms with Crippen molar-refractivity contribution in [1.82, 2.24) is 4.31 Å². The van der Waals surface area contributed by atoms with Crippen LogP contribution in [0.4, 0.5) is 0 Å². The van der Waals surface area contributed by atoms with Crippen LogP contribution in [-0.2, 0) is 19.6 Å². The minimum Gasteiger partial charge on any atom is -0.480 e. The lowest BCUT2D eigenvalue weighted by molar-refractivity contribution is -0.145. The topological polar surface area (TPSA) is 83.9 Å². The minimum atomic E-state index is -3.53. The number of nitrogens with zero attached hydrogens (tertiary/aromatic N) is 1. The molecule has 1 aliphatic rings. The average Bonchev–Trinajstić information content (AvgIpc) is 2.46. The first kappa shape index (κ1) is 15.0. The average molecular weight is 299 g/mol. The Morgan fingerprint density at radius 2 is 2.05 bits per heavy atom. The van der Waals surface area contributed by atoms with Crippen molar-refractivity contribution in [3.8, 4) is 0 Å². The molecular formula is C13H17NO5S. The van der Waals surface area contributed by atoms with E-state index in [2.05, 4.69) is 0 Å². The summed E-state index contributed by atoms with van der Waals surface area (Å²) in [6.07, 6.45) is 0.975. The fourth-order valence-electron chi connectivity index (χ4n) is 2.19. The summed E-state index contributed by atoms with van der Waals surface area (Å²) >= 11 is 0. The smallest absolute Gasteiger partial charge is 0.329 e. The Balaban J connectivity index is 2.07. The van der Waals surface area contributed by atoms with Gasteiger partial charge in [0.15, 0.2) is 0 Å². The largest absolute Gasteiger partial charge is 0.480 e. The minimum absolute atomic E-state index is 0.199. The first-order valence-corrected chi connectivity index (χ1v) is 7.83. The van der Waals surface area contributed by atoms with Crippen LogP contribution in [0.1, 0.15) is 12.8 Å². The molecule has 1 unspecified atom stereocenters. The van der Waals surface area contributed by atoms with Crippen molar-refractivity contribution in [1.29, 1.82) is 0 Å². The van der Waals surface area contributed by atoms with Crippen molar-refractivity contribution in [2.75, 3.05) is 19.7 Å². The summed E-state index contributed by atoms with van der Waals surface area (Å²) < 4.78 is 31.4. The number of aliphatic carboxylic acids is 1. The van der Waals surface area contributed by atoms with Crippen LogP contribution in [0.5, 0.6) is 0 Å². The number of rotatable bonds is 5. The number of hydrogen-bond acceptors (Lipinski definition) is 4. The second kappa shape index (κ2) is 6.34. The van der Waals surface area contributed by atoms with Crippen molar-refractivity contribution in [2.45, 2.75) is 23.8 Å². The molecular weight excluding hydrogens is 282 g/mol. The molecule has 0 saturated carbocycles. The summed E-state index contributed by atoms with van der Waals surface area (Å²) in [5.74, 6) is -1.05. The lowest BCUT2D eigenvalue weighted by Crippen LogP contribution is -2.43. The molecule has 1 heterocycles. The quantitative estimate of drug-likeness (QED) is 0.875. The van der Waals surface area contributed by atoms with Gasteiger partial charge in [-0.05, 0) is 25.0 Å². The maximum atomic E-state index is 12.4. The number of hydrogen-bond donors (Lipinski definition) is 1. The van der Waals surface area contributed by atoms with Gasteiger partial charge < -0.3 is 9.84 Å². The maximum Gasteiger partial charge on any atom is 0.329 e. The molecule has 0 aliphatic carbocycles. The first-order chi connectivity index (χ1) is 9.50. The molecule has 2 rings (SSSR count). The Morgan fingerprint density at radius 1 is 1.35 bits per heavy atom. The van der Waals surface area contributed by atoms with Crippen molar-refractivity contribution in [3.05, 3.63) is 30.3 Å². The Labute approximate surface area is 118 Å². The SMILES string of the molecule is O=C(O)COC1CCCN(S(=O)(=O)c2ccccc2)C1. The van der Waals surface area contributed by atoms with Crippen LogP contribution < -0.4 is 0 Å². The van der Waals surface area contributed by atoms with Crippen LogP contribution in [0, 0.1) is 0 Å². The van der Waals surface area contributed by atoms with E-state index in [1.165, 1.54) is 4.31 Å². The zero-order valence-electron chi connectivity index (χ0n) is 10.9. The molecule has 1 atom stereocenters. The molecule has 7 heteroatoms. The highest BCUT2D eigenvalue weighted by Crippen LogP contribution is 2.21. The van der Waals surface area contributed by atoms with E-state index in [0.717, 1.165) is 0 Å². The van der Waals surface area contributed by atoms with Gasteiger partial charge >= 0.3 is 5.97 Å². The van der Waals surface area contributed by atoms with Gasteiger partial charge in [0.2, 0.25) is 10.0 Å². The van der Waals surface area contributed by atoms with Crippen LogP contribution in [0.15, 0.2) is 35.2 Å². The van der Waals surface area contributed by atoms with Gasteiger partial charge in [-0.2, -0.15) is 4.31 Å². The zero-order valence-corrected chi connectivity index (χ0v) is 11.8. The normalized spacial score (nSPS) is 20.7. The number of ether oxygens (including phenoxy) is 1. The predicted molar refractivity (Wildman–Crippen MR) is 71.8 cm³/mol. The number of carboxylic acids is 1. The number of piperidine rings is 1. The van der Waals surface area contributed by atoms with Crippen LogP contribution in [0.2, 0.25) is 0 Å². The zero-order chi connectivity index (χ0) is 14.6. The standard InChI is InChI=1S/C13H17NO5S/c15-13(16)10-19-11-5-4-8-14(9-11)20(17,18)12-6-2-1-3-7-12/h1-3,6-7,11H,4-5,8-10H2,(H,15,16). The van der Waals surface area contributed by atoms with Crippen molar-refractivity contribution in [2.24, 2.45) is 0 Å². The highest BCUT2D eigenvalue weighted by atomic mass is 32.2. The number of carbonyl (C=O) groups is 1. The third-order valence-corrected chi connectivity index (χ3v) is 5.04. The van der Waals surface area contributed by atoms with Gasteiger partial charge in [0.05, 0.1) is 11.0 Å². The molecule has 1 fully saturated rings. The lowest BCUT2D eigenvalue weighted by Gasteiger charge is -2.31. The van der Waals surface area contributed by atoms with E-state index >= 15 is 0 Å².